The van der Waals surface area contributed by atoms with Crippen molar-refractivity contribution < 1.29 is 9.53 Å². The highest BCUT2D eigenvalue weighted by molar-refractivity contribution is 5.93. The molecule has 0 aliphatic rings. The smallest absolute Gasteiger partial charge is 0.266 e. The molecule has 20 heavy (non-hydrogen) atoms. The average Bonchev–Trinajstić information content (AvgIpc) is 2.91. The SMILES string of the molecule is CC(Oc1ccccc1C(C)C)C(=O)Nc1cn[nH]n1. The van der Waals surface area contributed by atoms with Crippen molar-refractivity contribution in [3.63, 3.8) is 0 Å². The number of para-hydroxylation sites is 1. The predicted octanol–water partition coefficient (Wildman–Crippen LogP) is 2.33. The lowest BCUT2D eigenvalue weighted by Crippen LogP contribution is -2.30. The van der Waals surface area contributed by atoms with Gasteiger partial charge in [0.1, 0.15) is 5.75 Å². The summed E-state index contributed by atoms with van der Waals surface area (Å²) in [4.78, 5) is 12.0. The Labute approximate surface area is 117 Å². The fourth-order valence-corrected chi connectivity index (χ4v) is 1.80. The summed E-state index contributed by atoms with van der Waals surface area (Å²) in [6, 6.07) is 7.73. The van der Waals surface area contributed by atoms with Crippen LogP contribution in [0, 0.1) is 0 Å². The van der Waals surface area contributed by atoms with E-state index in [1.54, 1.807) is 6.92 Å². The minimum atomic E-state index is -0.619. The summed E-state index contributed by atoms with van der Waals surface area (Å²) in [5.41, 5.74) is 1.08. The Bertz CT molecular complexity index is 566. The van der Waals surface area contributed by atoms with Gasteiger partial charge < -0.3 is 10.1 Å². The zero-order valence-electron chi connectivity index (χ0n) is 11.8. The number of carbonyl (C=O) groups is 1. The average molecular weight is 274 g/mol. The van der Waals surface area contributed by atoms with Crippen molar-refractivity contribution in [1.29, 1.82) is 0 Å². The van der Waals surface area contributed by atoms with Crippen molar-refractivity contribution in [1.82, 2.24) is 15.4 Å². The van der Waals surface area contributed by atoms with E-state index >= 15 is 0 Å². The van der Waals surface area contributed by atoms with Crippen LogP contribution in [0.15, 0.2) is 30.5 Å². The Morgan fingerprint density at radius 2 is 2.05 bits per heavy atom. The third kappa shape index (κ3) is 3.34. The molecule has 0 radical (unpaired) electrons. The van der Waals surface area contributed by atoms with Crippen LogP contribution in [0.4, 0.5) is 5.82 Å². The number of hydrogen-bond acceptors (Lipinski definition) is 4. The Kier molecular flexibility index (Phi) is 4.34. The molecule has 0 aliphatic heterocycles. The summed E-state index contributed by atoms with van der Waals surface area (Å²) in [5.74, 6) is 1.17. The van der Waals surface area contributed by atoms with Crippen molar-refractivity contribution in [3.8, 4) is 5.75 Å². The fourth-order valence-electron chi connectivity index (χ4n) is 1.80. The van der Waals surface area contributed by atoms with Crippen LogP contribution in [0.1, 0.15) is 32.3 Å². The van der Waals surface area contributed by atoms with Crippen LogP contribution in [0.25, 0.3) is 0 Å². The summed E-state index contributed by atoms with van der Waals surface area (Å²) in [7, 11) is 0. The van der Waals surface area contributed by atoms with Crippen LogP contribution < -0.4 is 10.1 Å². The highest BCUT2D eigenvalue weighted by Crippen LogP contribution is 2.26. The highest BCUT2D eigenvalue weighted by Gasteiger charge is 2.17. The molecule has 0 saturated carbocycles. The molecule has 106 valence electrons. The first-order chi connectivity index (χ1) is 9.58. The van der Waals surface area contributed by atoms with Crippen molar-refractivity contribution >= 4 is 11.7 Å². The van der Waals surface area contributed by atoms with Gasteiger partial charge in [-0.15, -0.1) is 5.10 Å². The topological polar surface area (TPSA) is 79.9 Å². The van der Waals surface area contributed by atoms with Crippen molar-refractivity contribution in [3.05, 3.63) is 36.0 Å². The standard InChI is InChI=1S/C14H18N4O2/c1-9(2)11-6-4-5-7-12(11)20-10(3)14(19)16-13-8-15-18-17-13/h4-10H,1-3H3,(H2,15,16,17,18,19). The van der Waals surface area contributed by atoms with Gasteiger partial charge in [-0.2, -0.15) is 10.3 Å². The number of amides is 1. The Balaban J connectivity index is 2.04. The Hall–Kier alpha value is -2.37. The van der Waals surface area contributed by atoms with Gasteiger partial charge in [-0.1, -0.05) is 32.0 Å². The van der Waals surface area contributed by atoms with Crippen LogP contribution in [0.3, 0.4) is 0 Å². The molecule has 2 rings (SSSR count). The first kappa shape index (κ1) is 14.0. The molecule has 1 unspecified atom stereocenters. The summed E-state index contributed by atoms with van der Waals surface area (Å²) in [5, 5.41) is 12.4. The van der Waals surface area contributed by atoms with Gasteiger partial charge in [0.15, 0.2) is 11.9 Å². The first-order valence-corrected chi connectivity index (χ1v) is 6.50. The summed E-state index contributed by atoms with van der Waals surface area (Å²) >= 11 is 0. The summed E-state index contributed by atoms with van der Waals surface area (Å²) < 4.78 is 5.75. The molecule has 0 fully saturated rings. The molecule has 1 heterocycles. The quantitative estimate of drug-likeness (QED) is 0.877. The minimum Gasteiger partial charge on any atom is -0.481 e. The number of nitrogens with one attached hydrogen (secondary N) is 2. The van der Waals surface area contributed by atoms with Gasteiger partial charge in [0.25, 0.3) is 5.91 Å². The number of aromatic nitrogens is 3. The molecule has 1 atom stereocenters. The second-order valence-electron chi connectivity index (χ2n) is 4.80. The lowest BCUT2D eigenvalue weighted by atomic mass is 10.0. The van der Waals surface area contributed by atoms with E-state index in [9.17, 15) is 4.79 Å². The molecule has 1 aromatic heterocycles. The summed E-state index contributed by atoms with van der Waals surface area (Å²) in [6.07, 6.45) is 0.818. The van der Waals surface area contributed by atoms with Crippen LogP contribution in [-0.4, -0.2) is 27.4 Å². The molecule has 6 heteroatoms. The second kappa shape index (κ2) is 6.18. The number of ether oxygens (including phenoxy) is 1. The van der Waals surface area contributed by atoms with Crippen molar-refractivity contribution in [2.24, 2.45) is 0 Å². The second-order valence-corrected chi connectivity index (χ2v) is 4.80. The molecular formula is C14H18N4O2. The Morgan fingerprint density at radius 3 is 2.70 bits per heavy atom. The maximum Gasteiger partial charge on any atom is 0.266 e. The number of carbonyl (C=O) groups excluding carboxylic acids is 1. The van der Waals surface area contributed by atoms with E-state index in [2.05, 4.69) is 34.6 Å². The lowest BCUT2D eigenvalue weighted by Gasteiger charge is -2.18. The number of aromatic amines is 1. The van der Waals surface area contributed by atoms with E-state index in [4.69, 9.17) is 4.74 Å². The zero-order chi connectivity index (χ0) is 14.5. The third-order valence-corrected chi connectivity index (χ3v) is 2.88. The molecule has 1 amide bonds. The monoisotopic (exact) mass is 274 g/mol. The molecule has 0 saturated heterocycles. The molecule has 6 nitrogen and oxygen atoms in total. The fraction of sp³-hybridized carbons (Fsp3) is 0.357. The van der Waals surface area contributed by atoms with E-state index in [-0.39, 0.29) is 5.91 Å². The first-order valence-electron chi connectivity index (χ1n) is 6.50. The highest BCUT2D eigenvalue weighted by atomic mass is 16.5. The minimum absolute atomic E-state index is 0.266. The number of benzene rings is 1. The van der Waals surface area contributed by atoms with Gasteiger partial charge in [-0.3, -0.25) is 4.79 Å². The largest absolute Gasteiger partial charge is 0.481 e. The van der Waals surface area contributed by atoms with E-state index in [1.807, 2.05) is 24.3 Å². The number of H-pyrrole nitrogens is 1. The van der Waals surface area contributed by atoms with E-state index in [1.165, 1.54) is 6.20 Å². The molecule has 1 aromatic carbocycles. The number of rotatable bonds is 5. The third-order valence-electron chi connectivity index (χ3n) is 2.88. The van der Waals surface area contributed by atoms with Gasteiger partial charge >= 0.3 is 0 Å². The van der Waals surface area contributed by atoms with Crippen molar-refractivity contribution in [2.45, 2.75) is 32.8 Å². The normalized spacial score (nSPS) is 12.2. The number of anilines is 1. The van der Waals surface area contributed by atoms with Crippen LogP contribution in [-0.2, 0) is 4.79 Å². The van der Waals surface area contributed by atoms with Gasteiger partial charge in [-0.25, -0.2) is 0 Å². The molecule has 0 bridgehead atoms. The van der Waals surface area contributed by atoms with E-state index in [0.29, 0.717) is 11.7 Å². The lowest BCUT2D eigenvalue weighted by molar-refractivity contribution is -0.122. The van der Waals surface area contributed by atoms with Crippen LogP contribution in [0.5, 0.6) is 5.75 Å². The molecule has 2 N–H and O–H groups in total. The molecular weight excluding hydrogens is 256 g/mol. The predicted molar refractivity (Wildman–Crippen MR) is 75.6 cm³/mol. The zero-order valence-corrected chi connectivity index (χ0v) is 11.8. The van der Waals surface area contributed by atoms with Gasteiger partial charge in [0, 0.05) is 0 Å². The maximum absolute atomic E-state index is 12.0. The van der Waals surface area contributed by atoms with Gasteiger partial charge in [0.2, 0.25) is 0 Å². The molecule has 0 spiro atoms. The summed E-state index contributed by atoms with van der Waals surface area (Å²) in [6.45, 7) is 5.87. The molecule has 2 aromatic rings. The molecule has 0 aliphatic carbocycles. The van der Waals surface area contributed by atoms with E-state index in [0.717, 1.165) is 11.3 Å². The maximum atomic E-state index is 12.0. The van der Waals surface area contributed by atoms with Crippen LogP contribution in [0.2, 0.25) is 0 Å². The number of nitrogens with zero attached hydrogens (tertiary/aromatic N) is 2. The number of hydrogen-bond donors (Lipinski definition) is 2. The van der Waals surface area contributed by atoms with E-state index < -0.39 is 6.10 Å². The Morgan fingerprint density at radius 1 is 1.30 bits per heavy atom. The van der Waals surface area contributed by atoms with Crippen LogP contribution >= 0.6 is 0 Å². The van der Waals surface area contributed by atoms with Gasteiger partial charge in [-0.05, 0) is 24.5 Å². The van der Waals surface area contributed by atoms with Gasteiger partial charge in [0.05, 0.1) is 6.20 Å². The van der Waals surface area contributed by atoms with Crippen molar-refractivity contribution in [2.75, 3.05) is 5.32 Å².